The summed E-state index contributed by atoms with van der Waals surface area (Å²) in [5.41, 5.74) is 5.43. The van der Waals surface area contributed by atoms with Crippen LogP contribution in [0.25, 0.3) is 0 Å². The van der Waals surface area contributed by atoms with E-state index in [0.29, 0.717) is 13.3 Å². The topological polar surface area (TPSA) is 53.0 Å². The number of anilines is 3. The number of aromatic nitrogens is 1. The van der Waals surface area contributed by atoms with Gasteiger partial charge < -0.3 is 15.0 Å². The largest absolute Gasteiger partial charge is 0.489 e. The molecule has 1 aromatic heterocycles. The summed E-state index contributed by atoms with van der Waals surface area (Å²) in [6.45, 7) is 1.89. The van der Waals surface area contributed by atoms with E-state index in [4.69, 9.17) is 4.74 Å². The molecule has 2 heterocycles. The van der Waals surface area contributed by atoms with Crippen LogP contribution in [0.1, 0.15) is 11.1 Å². The van der Waals surface area contributed by atoms with E-state index in [1.54, 1.807) is 0 Å². The Bertz CT molecular complexity index is 1210. The molecule has 6 heteroatoms. The van der Waals surface area contributed by atoms with Crippen molar-refractivity contribution in [2.45, 2.75) is 13.2 Å². The number of hydrogen-bond donors (Lipinski definition) is 1. The molecule has 0 unspecified atom stereocenters. The van der Waals surface area contributed by atoms with E-state index in [9.17, 15) is 0 Å². The number of rotatable bonds is 8. The van der Waals surface area contributed by atoms with Crippen molar-refractivity contribution in [3.63, 3.8) is 0 Å². The molecule has 0 saturated carbocycles. The van der Waals surface area contributed by atoms with Crippen molar-refractivity contribution >= 4 is 23.4 Å². The number of nitrogens with one attached hydrogen (secondary N) is 1. The highest BCUT2D eigenvalue weighted by Crippen LogP contribution is 2.30. The SMILES string of the molecule is C1=NN(c2ccccc2NCc2ccncc2)CN1c1cccc(OCc2ccccc2)c1. The van der Waals surface area contributed by atoms with Gasteiger partial charge in [-0.15, -0.1) is 0 Å². The molecular formula is C27H25N5O. The maximum atomic E-state index is 6.00. The third-order valence-corrected chi connectivity index (χ3v) is 5.43. The molecule has 6 nitrogen and oxygen atoms in total. The van der Waals surface area contributed by atoms with Gasteiger partial charge in [0.15, 0.2) is 0 Å². The van der Waals surface area contributed by atoms with Crippen molar-refractivity contribution in [3.8, 4) is 5.75 Å². The van der Waals surface area contributed by atoms with Crippen molar-refractivity contribution < 1.29 is 4.74 Å². The van der Waals surface area contributed by atoms with Gasteiger partial charge in [0.2, 0.25) is 0 Å². The van der Waals surface area contributed by atoms with Crippen LogP contribution in [0, 0.1) is 0 Å². The predicted molar refractivity (Wildman–Crippen MR) is 134 cm³/mol. The van der Waals surface area contributed by atoms with Crippen LogP contribution in [-0.4, -0.2) is 18.0 Å². The molecule has 0 aliphatic carbocycles. The lowest BCUT2D eigenvalue weighted by Crippen LogP contribution is -2.26. The van der Waals surface area contributed by atoms with Crippen LogP contribution in [0.3, 0.4) is 0 Å². The first kappa shape index (κ1) is 20.6. The Morgan fingerprint density at radius 3 is 2.52 bits per heavy atom. The lowest BCUT2D eigenvalue weighted by molar-refractivity contribution is 0.306. The van der Waals surface area contributed by atoms with Gasteiger partial charge in [0.1, 0.15) is 25.4 Å². The minimum absolute atomic E-state index is 0.543. The van der Waals surface area contributed by atoms with Crippen LogP contribution >= 0.6 is 0 Å². The quantitative estimate of drug-likeness (QED) is 0.396. The molecule has 0 bridgehead atoms. The van der Waals surface area contributed by atoms with Crippen molar-refractivity contribution in [1.29, 1.82) is 0 Å². The van der Waals surface area contributed by atoms with E-state index in [1.807, 2.05) is 84.4 Å². The van der Waals surface area contributed by atoms with Crippen LogP contribution in [0.4, 0.5) is 17.1 Å². The van der Waals surface area contributed by atoms with E-state index in [0.717, 1.165) is 34.9 Å². The number of hydrogen-bond acceptors (Lipinski definition) is 6. The summed E-state index contributed by atoms with van der Waals surface area (Å²) in [6.07, 6.45) is 5.47. The van der Waals surface area contributed by atoms with Gasteiger partial charge in [-0.25, -0.2) is 5.01 Å². The molecule has 0 fully saturated rings. The summed E-state index contributed by atoms with van der Waals surface area (Å²) in [5.74, 6) is 0.836. The summed E-state index contributed by atoms with van der Waals surface area (Å²) < 4.78 is 6.00. The predicted octanol–water partition coefficient (Wildman–Crippen LogP) is 5.50. The molecule has 0 atom stereocenters. The van der Waals surface area contributed by atoms with Crippen molar-refractivity contribution in [3.05, 3.63) is 115 Å². The maximum Gasteiger partial charge on any atom is 0.121 e. The fraction of sp³-hybridized carbons (Fsp3) is 0.111. The van der Waals surface area contributed by atoms with Gasteiger partial charge in [-0.05, 0) is 47.5 Å². The summed E-state index contributed by atoms with van der Waals surface area (Å²) in [7, 11) is 0. The average molecular weight is 436 g/mol. The van der Waals surface area contributed by atoms with E-state index in [-0.39, 0.29) is 0 Å². The highest BCUT2D eigenvalue weighted by Gasteiger charge is 2.19. The molecule has 1 aliphatic rings. The molecule has 33 heavy (non-hydrogen) atoms. The third kappa shape index (κ3) is 5.13. The van der Waals surface area contributed by atoms with Crippen LogP contribution in [0.15, 0.2) is 108 Å². The Morgan fingerprint density at radius 1 is 0.818 bits per heavy atom. The highest BCUT2D eigenvalue weighted by molar-refractivity contribution is 5.85. The number of para-hydroxylation sites is 2. The molecule has 164 valence electrons. The molecule has 1 aliphatic heterocycles. The summed E-state index contributed by atoms with van der Waals surface area (Å²) in [5, 5.41) is 10.2. The van der Waals surface area contributed by atoms with Crippen molar-refractivity contribution in [2.24, 2.45) is 5.10 Å². The van der Waals surface area contributed by atoms with Gasteiger partial charge in [0.05, 0.1) is 11.4 Å². The molecule has 4 aromatic rings. The summed E-state index contributed by atoms with van der Waals surface area (Å²) >= 11 is 0. The number of hydrazone groups is 1. The zero-order chi connectivity index (χ0) is 22.3. The number of nitrogens with zero attached hydrogens (tertiary/aromatic N) is 4. The van der Waals surface area contributed by atoms with Gasteiger partial charge >= 0.3 is 0 Å². The molecule has 0 amide bonds. The number of benzene rings is 3. The van der Waals surface area contributed by atoms with E-state index in [2.05, 4.69) is 50.6 Å². The van der Waals surface area contributed by atoms with Crippen molar-refractivity contribution in [2.75, 3.05) is 21.9 Å². The van der Waals surface area contributed by atoms with Crippen molar-refractivity contribution in [1.82, 2.24) is 4.98 Å². The first-order valence-electron chi connectivity index (χ1n) is 10.9. The Labute approximate surface area is 193 Å². The van der Waals surface area contributed by atoms with E-state index < -0.39 is 0 Å². The number of pyridine rings is 1. The average Bonchev–Trinajstić information content (AvgIpc) is 3.38. The first-order valence-corrected chi connectivity index (χ1v) is 10.9. The summed E-state index contributed by atoms with van der Waals surface area (Å²) in [6, 6.07) is 30.5. The number of ether oxygens (including phenoxy) is 1. The fourth-order valence-corrected chi connectivity index (χ4v) is 3.67. The Hall–Kier alpha value is -4.32. The minimum atomic E-state index is 0.543. The van der Waals surface area contributed by atoms with Gasteiger partial charge in [-0.3, -0.25) is 4.98 Å². The summed E-state index contributed by atoms with van der Waals surface area (Å²) in [4.78, 5) is 6.19. The van der Waals surface area contributed by atoms with Crippen LogP contribution < -0.4 is 20.0 Å². The molecule has 0 radical (unpaired) electrons. The zero-order valence-corrected chi connectivity index (χ0v) is 18.2. The second-order valence-electron chi connectivity index (χ2n) is 7.74. The third-order valence-electron chi connectivity index (χ3n) is 5.43. The maximum absolute atomic E-state index is 6.00. The Morgan fingerprint density at radius 2 is 1.64 bits per heavy atom. The molecule has 0 spiro atoms. The monoisotopic (exact) mass is 435 g/mol. The molecule has 0 saturated heterocycles. The normalized spacial score (nSPS) is 12.7. The fourth-order valence-electron chi connectivity index (χ4n) is 3.67. The Kier molecular flexibility index (Phi) is 6.15. The highest BCUT2D eigenvalue weighted by atomic mass is 16.5. The van der Waals surface area contributed by atoms with Crippen LogP contribution in [0.5, 0.6) is 5.75 Å². The molecule has 1 N–H and O–H groups in total. The Balaban J connectivity index is 1.24. The van der Waals surface area contributed by atoms with E-state index >= 15 is 0 Å². The van der Waals surface area contributed by atoms with Crippen LogP contribution in [-0.2, 0) is 13.2 Å². The lowest BCUT2D eigenvalue weighted by atomic mass is 10.2. The van der Waals surface area contributed by atoms with Gasteiger partial charge in [0, 0.05) is 30.7 Å². The van der Waals surface area contributed by atoms with Gasteiger partial charge in [0.25, 0.3) is 0 Å². The standard InChI is InChI=1S/C27H25N5O/c1-2-7-23(8-3-1)19-33-25-10-6-9-24(17-25)31-20-30-32(21-31)27-12-5-4-11-26(27)29-18-22-13-15-28-16-14-22/h1-17,20,29H,18-19,21H2. The zero-order valence-electron chi connectivity index (χ0n) is 18.2. The van der Waals surface area contributed by atoms with Crippen LogP contribution in [0.2, 0.25) is 0 Å². The first-order chi connectivity index (χ1) is 16.3. The second-order valence-corrected chi connectivity index (χ2v) is 7.74. The van der Waals surface area contributed by atoms with Gasteiger partial charge in [-0.2, -0.15) is 5.10 Å². The van der Waals surface area contributed by atoms with E-state index in [1.165, 1.54) is 5.56 Å². The van der Waals surface area contributed by atoms with Gasteiger partial charge in [-0.1, -0.05) is 48.5 Å². The smallest absolute Gasteiger partial charge is 0.121 e. The minimum Gasteiger partial charge on any atom is -0.489 e. The molecule has 5 rings (SSSR count). The second kappa shape index (κ2) is 9.87. The molecule has 3 aromatic carbocycles. The molecular weight excluding hydrogens is 410 g/mol. The lowest BCUT2D eigenvalue weighted by Gasteiger charge is -2.22.